The lowest BCUT2D eigenvalue weighted by molar-refractivity contribution is 0.269. The van der Waals surface area contributed by atoms with Crippen molar-refractivity contribution in [3.8, 4) is 0 Å². The summed E-state index contributed by atoms with van der Waals surface area (Å²) >= 11 is 0. The Balaban J connectivity index is 2.49. The monoisotopic (exact) mass is 220 g/mol. The molecule has 1 rings (SSSR count). The van der Waals surface area contributed by atoms with Gasteiger partial charge in [-0.05, 0) is 18.8 Å². The molecule has 14 heavy (non-hydrogen) atoms. The molecule has 0 aromatic heterocycles. The van der Waals surface area contributed by atoms with E-state index in [-0.39, 0.29) is 12.3 Å². The van der Waals surface area contributed by atoms with Crippen molar-refractivity contribution in [2.45, 2.75) is 26.2 Å². The van der Waals surface area contributed by atoms with E-state index >= 15 is 0 Å². The topological polar surface area (TPSA) is 63.4 Å². The van der Waals surface area contributed by atoms with E-state index in [0.717, 1.165) is 19.3 Å². The first-order chi connectivity index (χ1) is 6.60. The second kappa shape index (κ2) is 5.09. The molecule has 1 fully saturated rings. The largest absolute Gasteiger partial charge is 0.329 e. The third-order valence-electron chi connectivity index (χ3n) is 2.92. The molecule has 1 heterocycles. The van der Waals surface area contributed by atoms with E-state index in [1.165, 1.54) is 0 Å². The van der Waals surface area contributed by atoms with Gasteiger partial charge in [0.2, 0.25) is 10.0 Å². The van der Waals surface area contributed by atoms with Crippen molar-refractivity contribution in [3.05, 3.63) is 0 Å². The van der Waals surface area contributed by atoms with Gasteiger partial charge in [-0.2, -0.15) is 0 Å². The molecule has 0 aromatic carbocycles. The van der Waals surface area contributed by atoms with Gasteiger partial charge in [-0.1, -0.05) is 13.3 Å². The molecule has 0 spiro atoms. The highest BCUT2D eigenvalue weighted by molar-refractivity contribution is 7.89. The van der Waals surface area contributed by atoms with Crippen LogP contribution in [0.5, 0.6) is 0 Å². The molecule has 0 amide bonds. The first-order valence-corrected chi connectivity index (χ1v) is 6.89. The molecule has 0 bridgehead atoms. The zero-order chi connectivity index (χ0) is 10.6. The van der Waals surface area contributed by atoms with E-state index < -0.39 is 10.0 Å². The minimum atomic E-state index is -3.06. The summed E-state index contributed by atoms with van der Waals surface area (Å²) in [5.74, 6) is 0.795. The van der Waals surface area contributed by atoms with Crippen LogP contribution in [0.4, 0.5) is 0 Å². The van der Waals surface area contributed by atoms with Crippen LogP contribution < -0.4 is 5.73 Å². The van der Waals surface area contributed by atoms with Crippen LogP contribution in [0.1, 0.15) is 26.2 Å². The summed E-state index contributed by atoms with van der Waals surface area (Å²) in [4.78, 5) is 0. The fourth-order valence-corrected chi connectivity index (χ4v) is 3.20. The van der Waals surface area contributed by atoms with Crippen molar-refractivity contribution in [1.82, 2.24) is 4.31 Å². The number of sulfonamides is 1. The van der Waals surface area contributed by atoms with Gasteiger partial charge < -0.3 is 5.73 Å². The Hall–Kier alpha value is -0.130. The molecule has 1 saturated heterocycles. The minimum absolute atomic E-state index is 0.0871. The third-order valence-corrected chi connectivity index (χ3v) is 4.82. The third kappa shape index (κ3) is 2.93. The molecular formula is C9H20N2O2S. The van der Waals surface area contributed by atoms with Gasteiger partial charge in [-0.3, -0.25) is 0 Å². The highest BCUT2D eigenvalue weighted by Crippen LogP contribution is 2.21. The van der Waals surface area contributed by atoms with Crippen LogP contribution in [0.15, 0.2) is 0 Å². The van der Waals surface area contributed by atoms with Gasteiger partial charge >= 0.3 is 0 Å². The molecule has 84 valence electrons. The van der Waals surface area contributed by atoms with Crippen molar-refractivity contribution in [1.29, 1.82) is 0 Å². The maximum Gasteiger partial charge on any atom is 0.215 e. The standard InChI is InChI=1S/C9H20N2O2S/c1-2-9-3-6-11(7-4-9)14(12,13)8-5-10/h9H,2-8,10H2,1H3. The Labute approximate surface area is 86.5 Å². The summed E-state index contributed by atoms with van der Waals surface area (Å²) in [5.41, 5.74) is 5.27. The minimum Gasteiger partial charge on any atom is -0.329 e. The van der Waals surface area contributed by atoms with E-state index in [9.17, 15) is 8.42 Å². The predicted molar refractivity (Wildman–Crippen MR) is 57.4 cm³/mol. The van der Waals surface area contributed by atoms with Crippen molar-refractivity contribution < 1.29 is 8.42 Å². The van der Waals surface area contributed by atoms with E-state index in [4.69, 9.17) is 5.73 Å². The summed E-state index contributed by atoms with van der Waals surface area (Å²) in [6.45, 7) is 3.74. The molecule has 4 nitrogen and oxygen atoms in total. The lowest BCUT2D eigenvalue weighted by Gasteiger charge is -2.30. The maximum atomic E-state index is 11.6. The van der Waals surface area contributed by atoms with Crippen LogP contribution in [-0.2, 0) is 10.0 Å². The Bertz CT molecular complexity index is 256. The number of piperidine rings is 1. The fraction of sp³-hybridized carbons (Fsp3) is 1.00. The van der Waals surface area contributed by atoms with Gasteiger partial charge in [0.1, 0.15) is 0 Å². The van der Waals surface area contributed by atoms with Crippen molar-refractivity contribution in [3.63, 3.8) is 0 Å². The second-order valence-corrected chi connectivity index (χ2v) is 5.94. The van der Waals surface area contributed by atoms with E-state index in [0.29, 0.717) is 19.0 Å². The van der Waals surface area contributed by atoms with E-state index in [1.54, 1.807) is 4.31 Å². The Kier molecular flexibility index (Phi) is 4.34. The van der Waals surface area contributed by atoms with Gasteiger partial charge in [-0.25, -0.2) is 12.7 Å². The lowest BCUT2D eigenvalue weighted by atomic mass is 9.96. The number of nitrogens with zero attached hydrogens (tertiary/aromatic N) is 1. The lowest BCUT2D eigenvalue weighted by Crippen LogP contribution is -2.40. The van der Waals surface area contributed by atoms with E-state index in [2.05, 4.69) is 6.92 Å². The SMILES string of the molecule is CCC1CCN(S(=O)(=O)CCN)CC1. The number of hydrogen-bond acceptors (Lipinski definition) is 3. The molecule has 0 atom stereocenters. The van der Waals surface area contributed by atoms with Crippen LogP contribution in [-0.4, -0.2) is 38.1 Å². The zero-order valence-electron chi connectivity index (χ0n) is 8.78. The molecule has 0 aromatic rings. The number of rotatable bonds is 4. The molecule has 0 saturated carbocycles. The highest BCUT2D eigenvalue weighted by Gasteiger charge is 2.26. The summed E-state index contributed by atoms with van der Waals surface area (Å²) in [6.07, 6.45) is 3.16. The quantitative estimate of drug-likeness (QED) is 0.746. The Morgan fingerprint density at radius 1 is 1.36 bits per heavy atom. The molecule has 1 aliphatic rings. The molecule has 2 N–H and O–H groups in total. The average molecular weight is 220 g/mol. The second-order valence-electron chi connectivity index (χ2n) is 3.86. The van der Waals surface area contributed by atoms with E-state index in [1.807, 2.05) is 0 Å². The van der Waals surface area contributed by atoms with Crippen LogP contribution in [0.25, 0.3) is 0 Å². The van der Waals surface area contributed by atoms with Gasteiger partial charge in [0.15, 0.2) is 0 Å². The first-order valence-electron chi connectivity index (χ1n) is 5.28. The van der Waals surface area contributed by atoms with Crippen molar-refractivity contribution >= 4 is 10.0 Å². The molecule has 1 aliphatic heterocycles. The summed E-state index contributed by atoms with van der Waals surface area (Å²) in [7, 11) is -3.06. The molecular weight excluding hydrogens is 200 g/mol. The van der Waals surface area contributed by atoms with Gasteiger partial charge in [-0.15, -0.1) is 0 Å². The first kappa shape index (κ1) is 11.9. The fourth-order valence-electron chi connectivity index (χ4n) is 1.87. The highest BCUT2D eigenvalue weighted by atomic mass is 32.2. The Morgan fingerprint density at radius 2 is 1.93 bits per heavy atom. The number of hydrogen-bond donors (Lipinski definition) is 1. The predicted octanol–water partition coefficient (Wildman–Crippen LogP) is 0.397. The Morgan fingerprint density at radius 3 is 2.36 bits per heavy atom. The smallest absolute Gasteiger partial charge is 0.215 e. The molecule has 5 heteroatoms. The van der Waals surface area contributed by atoms with Gasteiger partial charge in [0.05, 0.1) is 5.75 Å². The normalized spacial score (nSPS) is 21.3. The van der Waals surface area contributed by atoms with Crippen molar-refractivity contribution in [2.75, 3.05) is 25.4 Å². The zero-order valence-corrected chi connectivity index (χ0v) is 9.59. The van der Waals surface area contributed by atoms with Gasteiger partial charge in [0, 0.05) is 19.6 Å². The molecule has 0 radical (unpaired) electrons. The van der Waals surface area contributed by atoms with Gasteiger partial charge in [0.25, 0.3) is 0 Å². The van der Waals surface area contributed by atoms with Crippen molar-refractivity contribution in [2.24, 2.45) is 11.7 Å². The van der Waals surface area contributed by atoms with Crippen LogP contribution in [0, 0.1) is 5.92 Å². The summed E-state index contributed by atoms with van der Waals surface area (Å²) in [5, 5.41) is 0. The van der Waals surface area contributed by atoms with Crippen LogP contribution >= 0.6 is 0 Å². The molecule has 0 aliphatic carbocycles. The molecule has 0 unspecified atom stereocenters. The van der Waals surface area contributed by atoms with Crippen LogP contribution in [0.2, 0.25) is 0 Å². The summed E-state index contributed by atoms with van der Waals surface area (Å²) < 4.78 is 24.8. The summed E-state index contributed by atoms with van der Waals surface area (Å²) in [6, 6.07) is 0. The maximum absolute atomic E-state index is 11.6. The van der Waals surface area contributed by atoms with Crippen LogP contribution in [0.3, 0.4) is 0 Å². The average Bonchev–Trinajstić information content (AvgIpc) is 2.18. The number of nitrogens with two attached hydrogens (primary N) is 1.